The van der Waals surface area contributed by atoms with Crippen LogP contribution in [-0.4, -0.2) is 36.9 Å². The number of nitrogens with zero attached hydrogens (tertiary/aromatic N) is 1. The standard InChI is InChI=1S/C12H15ClFNO2/c1-15(12(16)9-13)7-2-8-17-11-5-3-10(14)4-6-11/h3-6H,2,7-9H2,1H3. The predicted octanol–water partition coefficient (Wildman–Crippen LogP) is 2.29. The SMILES string of the molecule is CN(CCCOc1ccc(F)cc1)C(=O)CCl. The summed E-state index contributed by atoms with van der Waals surface area (Å²) in [7, 11) is 1.70. The molecule has 0 aliphatic carbocycles. The smallest absolute Gasteiger partial charge is 0.237 e. The molecule has 1 aromatic carbocycles. The van der Waals surface area contributed by atoms with Crippen molar-refractivity contribution in [2.24, 2.45) is 0 Å². The van der Waals surface area contributed by atoms with Gasteiger partial charge in [-0.1, -0.05) is 0 Å². The van der Waals surface area contributed by atoms with Crippen molar-refractivity contribution in [3.63, 3.8) is 0 Å². The van der Waals surface area contributed by atoms with Gasteiger partial charge in [-0.05, 0) is 30.7 Å². The van der Waals surface area contributed by atoms with Crippen LogP contribution in [0.25, 0.3) is 0 Å². The predicted molar refractivity (Wildman–Crippen MR) is 64.9 cm³/mol. The first kappa shape index (κ1) is 13.8. The van der Waals surface area contributed by atoms with Crippen LogP contribution in [0.3, 0.4) is 0 Å². The van der Waals surface area contributed by atoms with Gasteiger partial charge in [-0.25, -0.2) is 4.39 Å². The molecule has 94 valence electrons. The van der Waals surface area contributed by atoms with Crippen molar-refractivity contribution >= 4 is 17.5 Å². The number of amides is 1. The summed E-state index contributed by atoms with van der Waals surface area (Å²) < 4.78 is 18.0. The van der Waals surface area contributed by atoms with E-state index in [-0.39, 0.29) is 17.6 Å². The van der Waals surface area contributed by atoms with E-state index in [1.54, 1.807) is 24.1 Å². The molecule has 17 heavy (non-hydrogen) atoms. The molecule has 0 aliphatic rings. The maximum absolute atomic E-state index is 12.6. The van der Waals surface area contributed by atoms with Crippen molar-refractivity contribution in [1.29, 1.82) is 0 Å². The second-order valence-electron chi connectivity index (χ2n) is 3.60. The van der Waals surface area contributed by atoms with E-state index < -0.39 is 0 Å². The molecule has 0 spiro atoms. The lowest BCUT2D eigenvalue weighted by Crippen LogP contribution is -2.29. The number of benzene rings is 1. The van der Waals surface area contributed by atoms with Gasteiger partial charge < -0.3 is 9.64 Å². The summed E-state index contributed by atoms with van der Waals surface area (Å²) >= 11 is 5.41. The topological polar surface area (TPSA) is 29.5 Å². The molecule has 0 saturated carbocycles. The van der Waals surface area contributed by atoms with Crippen LogP contribution < -0.4 is 4.74 Å². The van der Waals surface area contributed by atoms with Crippen molar-refractivity contribution in [3.8, 4) is 5.75 Å². The number of halogens is 2. The summed E-state index contributed by atoms with van der Waals surface area (Å²) in [4.78, 5) is 12.7. The third kappa shape index (κ3) is 5.04. The lowest BCUT2D eigenvalue weighted by molar-refractivity contribution is -0.127. The Labute approximate surface area is 105 Å². The minimum absolute atomic E-state index is 0.00464. The maximum Gasteiger partial charge on any atom is 0.237 e. The fraction of sp³-hybridized carbons (Fsp3) is 0.417. The first-order valence-corrected chi connectivity index (χ1v) is 5.85. The van der Waals surface area contributed by atoms with E-state index in [2.05, 4.69) is 0 Å². The monoisotopic (exact) mass is 259 g/mol. The van der Waals surface area contributed by atoms with Crippen molar-refractivity contribution < 1.29 is 13.9 Å². The summed E-state index contributed by atoms with van der Waals surface area (Å²) in [6.07, 6.45) is 0.705. The van der Waals surface area contributed by atoms with Crippen LogP contribution in [0.1, 0.15) is 6.42 Å². The van der Waals surface area contributed by atoms with E-state index in [1.165, 1.54) is 12.1 Å². The number of rotatable bonds is 6. The molecule has 0 heterocycles. The van der Waals surface area contributed by atoms with Gasteiger partial charge in [0, 0.05) is 13.6 Å². The van der Waals surface area contributed by atoms with E-state index in [9.17, 15) is 9.18 Å². The molecule has 0 N–H and O–H groups in total. The van der Waals surface area contributed by atoms with Gasteiger partial charge in [0.1, 0.15) is 17.4 Å². The molecule has 0 aromatic heterocycles. The van der Waals surface area contributed by atoms with E-state index in [4.69, 9.17) is 16.3 Å². The average molecular weight is 260 g/mol. The summed E-state index contributed by atoms with van der Waals surface area (Å²) in [6.45, 7) is 1.07. The zero-order valence-electron chi connectivity index (χ0n) is 9.66. The molecule has 0 saturated heterocycles. The highest BCUT2D eigenvalue weighted by Gasteiger charge is 2.05. The highest BCUT2D eigenvalue weighted by Crippen LogP contribution is 2.11. The van der Waals surface area contributed by atoms with Gasteiger partial charge in [0.15, 0.2) is 0 Å². The Balaban J connectivity index is 2.20. The van der Waals surface area contributed by atoms with Crippen LogP contribution in [0.2, 0.25) is 0 Å². The van der Waals surface area contributed by atoms with Crippen molar-refractivity contribution in [1.82, 2.24) is 4.90 Å². The van der Waals surface area contributed by atoms with E-state index in [0.717, 1.165) is 0 Å². The normalized spacial score (nSPS) is 10.1. The maximum atomic E-state index is 12.6. The number of hydrogen-bond acceptors (Lipinski definition) is 2. The van der Waals surface area contributed by atoms with Gasteiger partial charge in [-0.15, -0.1) is 11.6 Å². The Morgan fingerprint density at radius 3 is 2.65 bits per heavy atom. The molecule has 0 unspecified atom stereocenters. The van der Waals surface area contributed by atoms with E-state index >= 15 is 0 Å². The molecule has 5 heteroatoms. The zero-order valence-corrected chi connectivity index (χ0v) is 10.4. The summed E-state index contributed by atoms with van der Waals surface area (Å²) in [5.74, 6) is 0.228. The molecule has 0 bridgehead atoms. The van der Waals surface area contributed by atoms with Crippen LogP contribution in [-0.2, 0) is 4.79 Å². The largest absolute Gasteiger partial charge is 0.494 e. The van der Waals surface area contributed by atoms with Gasteiger partial charge >= 0.3 is 0 Å². The van der Waals surface area contributed by atoms with Crippen LogP contribution in [0.5, 0.6) is 5.75 Å². The Kier molecular flexibility index (Phi) is 5.77. The minimum atomic E-state index is -0.287. The molecule has 1 rings (SSSR count). The molecule has 0 aliphatic heterocycles. The van der Waals surface area contributed by atoms with Crippen LogP contribution in [0.15, 0.2) is 24.3 Å². The van der Waals surface area contributed by atoms with Gasteiger partial charge in [0.05, 0.1) is 6.61 Å². The Hall–Kier alpha value is -1.29. The quantitative estimate of drug-likeness (QED) is 0.580. The van der Waals surface area contributed by atoms with Crippen LogP contribution >= 0.6 is 11.6 Å². The zero-order chi connectivity index (χ0) is 12.7. The van der Waals surface area contributed by atoms with Crippen LogP contribution in [0, 0.1) is 5.82 Å². The van der Waals surface area contributed by atoms with Gasteiger partial charge in [-0.3, -0.25) is 4.79 Å². The first-order valence-electron chi connectivity index (χ1n) is 5.32. The molecule has 0 fully saturated rings. The van der Waals surface area contributed by atoms with Crippen molar-refractivity contribution in [2.45, 2.75) is 6.42 Å². The number of ether oxygens (including phenoxy) is 1. The molecule has 0 atom stereocenters. The fourth-order valence-electron chi connectivity index (χ4n) is 1.25. The van der Waals surface area contributed by atoms with Gasteiger partial charge in [0.2, 0.25) is 5.91 Å². The Morgan fingerprint density at radius 2 is 2.06 bits per heavy atom. The number of alkyl halides is 1. The minimum Gasteiger partial charge on any atom is -0.494 e. The third-order valence-corrected chi connectivity index (χ3v) is 2.49. The second-order valence-corrected chi connectivity index (χ2v) is 3.87. The van der Waals surface area contributed by atoms with E-state index in [0.29, 0.717) is 25.3 Å². The van der Waals surface area contributed by atoms with Crippen molar-refractivity contribution in [3.05, 3.63) is 30.1 Å². The molecule has 0 radical (unpaired) electrons. The van der Waals surface area contributed by atoms with Crippen LogP contribution in [0.4, 0.5) is 4.39 Å². The summed E-state index contributed by atoms with van der Waals surface area (Å²) in [5.41, 5.74) is 0. The molecule has 3 nitrogen and oxygen atoms in total. The second kappa shape index (κ2) is 7.12. The molecular weight excluding hydrogens is 245 g/mol. The average Bonchev–Trinajstić information content (AvgIpc) is 2.35. The number of carbonyl (C=O) groups is 1. The fourth-order valence-corrected chi connectivity index (χ4v) is 1.45. The van der Waals surface area contributed by atoms with E-state index in [1.807, 2.05) is 0 Å². The summed E-state index contributed by atoms with van der Waals surface area (Å²) in [5, 5.41) is 0. The molecule has 1 amide bonds. The summed E-state index contributed by atoms with van der Waals surface area (Å²) in [6, 6.07) is 5.84. The number of hydrogen-bond donors (Lipinski definition) is 0. The van der Waals surface area contributed by atoms with Gasteiger partial charge in [-0.2, -0.15) is 0 Å². The highest BCUT2D eigenvalue weighted by molar-refractivity contribution is 6.27. The lowest BCUT2D eigenvalue weighted by Gasteiger charge is -2.15. The van der Waals surface area contributed by atoms with Crippen molar-refractivity contribution in [2.75, 3.05) is 26.1 Å². The first-order chi connectivity index (χ1) is 8.13. The highest BCUT2D eigenvalue weighted by atomic mass is 35.5. The number of carbonyl (C=O) groups excluding carboxylic acids is 1. The third-order valence-electron chi connectivity index (χ3n) is 2.26. The Morgan fingerprint density at radius 1 is 1.41 bits per heavy atom. The Bertz CT molecular complexity index is 356. The lowest BCUT2D eigenvalue weighted by atomic mass is 10.3. The molecule has 1 aromatic rings. The van der Waals surface area contributed by atoms with Gasteiger partial charge in [0.25, 0.3) is 0 Å². The molecular formula is C12H15ClFNO2.